The van der Waals surface area contributed by atoms with Gasteiger partial charge in [-0.3, -0.25) is 9.69 Å². The maximum absolute atomic E-state index is 12.4. The highest BCUT2D eigenvalue weighted by Crippen LogP contribution is 2.16. The van der Waals surface area contributed by atoms with Crippen LogP contribution in [0.1, 0.15) is 39.0 Å². The van der Waals surface area contributed by atoms with Gasteiger partial charge in [0.1, 0.15) is 0 Å². The van der Waals surface area contributed by atoms with Gasteiger partial charge in [-0.1, -0.05) is 0 Å². The molecule has 0 bridgehead atoms. The fraction of sp³-hybridized carbons (Fsp3) is 0.929. The van der Waals surface area contributed by atoms with Gasteiger partial charge in [0.2, 0.25) is 5.91 Å². The van der Waals surface area contributed by atoms with E-state index < -0.39 is 0 Å². The number of carbonyl (C=O) groups excluding carboxylic acids is 1. The van der Waals surface area contributed by atoms with Gasteiger partial charge in [-0.05, 0) is 52.6 Å². The molecule has 2 saturated heterocycles. The summed E-state index contributed by atoms with van der Waals surface area (Å²) in [5, 5.41) is 3.42. The predicted molar refractivity (Wildman–Crippen MR) is 73.5 cm³/mol. The van der Waals surface area contributed by atoms with Crippen molar-refractivity contribution in [1.82, 2.24) is 15.1 Å². The van der Waals surface area contributed by atoms with Crippen LogP contribution in [0.15, 0.2) is 0 Å². The molecule has 0 aromatic carbocycles. The SMILES string of the molecule is CC(C(=O)N1CCCCC1)N(C)C1CCCNC1. The number of nitrogens with zero attached hydrogens (tertiary/aromatic N) is 2. The summed E-state index contributed by atoms with van der Waals surface area (Å²) >= 11 is 0. The number of rotatable bonds is 3. The quantitative estimate of drug-likeness (QED) is 0.817. The van der Waals surface area contributed by atoms with Crippen molar-refractivity contribution in [2.24, 2.45) is 0 Å². The molecule has 1 N–H and O–H groups in total. The summed E-state index contributed by atoms with van der Waals surface area (Å²) in [4.78, 5) is 16.8. The molecule has 104 valence electrons. The zero-order chi connectivity index (χ0) is 13.0. The van der Waals surface area contributed by atoms with E-state index in [1.165, 1.54) is 32.1 Å². The number of hydrogen-bond donors (Lipinski definition) is 1. The van der Waals surface area contributed by atoms with Gasteiger partial charge in [-0.25, -0.2) is 0 Å². The summed E-state index contributed by atoms with van der Waals surface area (Å²) in [7, 11) is 2.10. The number of nitrogens with one attached hydrogen (secondary N) is 1. The standard InChI is InChI=1S/C14H27N3O/c1-12(14(18)17-9-4-3-5-10-17)16(2)13-7-6-8-15-11-13/h12-13,15H,3-11H2,1-2H3. The maximum Gasteiger partial charge on any atom is 0.239 e. The molecule has 0 radical (unpaired) electrons. The van der Waals surface area contributed by atoms with Gasteiger partial charge in [-0.15, -0.1) is 0 Å². The van der Waals surface area contributed by atoms with Gasteiger partial charge in [0, 0.05) is 25.7 Å². The molecule has 4 nitrogen and oxygen atoms in total. The molecule has 2 aliphatic heterocycles. The van der Waals surface area contributed by atoms with E-state index in [1.807, 2.05) is 0 Å². The molecule has 0 saturated carbocycles. The van der Waals surface area contributed by atoms with Crippen molar-refractivity contribution in [2.75, 3.05) is 33.2 Å². The number of likely N-dealkylation sites (N-methyl/N-ethyl adjacent to an activating group) is 1. The van der Waals surface area contributed by atoms with Gasteiger partial charge >= 0.3 is 0 Å². The molecule has 0 spiro atoms. The number of amides is 1. The highest BCUT2D eigenvalue weighted by Gasteiger charge is 2.29. The first-order valence-electron chi connectivity index (χ1n) is 7.41. The minimum Gasteiger partial charge on any atom is -0.341 e. The van der Waals surface area contributed by atoms with Crippen molar-refractivity contribution < 1.29 is 4.79 Å². The number of hydrogen-bond acceptors (Lipinski definition) is 3. The topological polar surface area (TPSA) is 35.6 Å². The molecule has 2 unspecified atom stereocenters. The molecule has 2 fully saturated rings. The van der Waals surface area contributed by atoms with Crippen LogP contribution < -0.4 is 5.32 Å². The van der Waals surface area contributed by atoms with Crippen LogP contribution in [0.3, 0.4) is 0 Å². The van der Waals surface area contributed by atoms with E-state index >= 15 is 0 Å². The molecule has 0 aromatic rings. The molecule has 2 aliphatic rings. The largest absolute Gasteiger partial charge is 0.341 e. The minimum absolute atomic E-state index is 0.0213. The van der Waals surface area contributed by atoms with E-state index in [4.69, 9.17) is 0 Å². The summed E-state index contributed by atoms with van der Waals surface area (Å²) in [5.74, 6) is 0.322. The lowest BCUT2D eigenvalue weighted by atomic mass is 10.0. The summed E-state index contributed by atoms with van der Waals surface area (Å²) in [5.41, 5.74) is 0. The second-order valence-corrected chi connectivity index (χ2v) is 5.73. The Bertz CT molecular complexity index is 270. The van der Waals surface area contributed by atoms with Crippen molar-refractivity contribution in [1.29, 1.82) is 0 Å². The van der Waals surface area contributed by atoms with Crippen LogP contribution >= 0.6 is 0 Å². The predicted octanol–water partition coefficient (Wildman–Crippen LogP) is 1.07. The van der Waals surface area contributed by atoms with Crippen molar-refractivity contribution in [3.05, 3.63) is 0 Å². The lowest BCUT2D eigenvalue weighted by Crippen LogP contribution is -2.53. The van der Waals surface area contributed by atoms with Gasteiger partial charge < -0.3 is 10.2 Å². The zero-order valence-corrected chi connectivity index (χ0v) is 11.8. The second kappa shape index (κ2) is 6.53. The highest BCUT2D eigenvalue weighted by atomic mass is 16.2. The van der Waals surface area contributed by atoms with Crippen molar-refractivity contribution in [2.45, 2.75) is 51.1 Å². The Hall–Kier alpha value is -0.610. The molecule has 18 heavy (non-hydrogen) atoms. The molecule has 0 aromatic heterocycles. The first-order valence-corrected chi connectivity index (χ1v) is 7.41. The normalized spacial score (nSPS) is 27.3. The molecular weight excluding hydrogens is 226 g/mol. The highest BCUT2D eigenvalue weighted by molar-refractivity contribution is 5.81. The average Bonchev–Trinajstić information content (AvgIpc) is 2.47. The molecule has 2 heterocycles. The van der Waals surface area contributed by atoms with Crippen LogP contribution in [0.25, 0.3) is 0 Å². The van der Waals surface area contributed by atoms with Crippen molar-refractivity contribution in [3.63, 3.8) is 0 Å². The third-order valence-electron chi connectivity index (χ3n) is 4.48. The minimum atomic E-state index is 0.0213. The van der Waals surface area contributed by atoms with Gasteiger partial charge in [0.15, 0.2) is 0 Å². The Morgan fingerprint density at radius 1 is 1.28 bits per heavy atom. The Kier molecular flexibility index (Phi) is 5.01. The third-order valence-corrected chi connectivity index (χ3v) is 4.48. The Morgan fingerprint density at radius 3 is 2.61 bits per heavy atom. The van der Waals surface area contributed by atoms with Crippen LogP contribution in [0, 0.1) is 0 Å². The molecule has 4 heteroatoms. The number of likely N-dealkylation sites (tertiary alicyclic amines) is 1. The van der Waals surface area contributed by atoms with Gasteiger partial charge in [0.05, 0.1) is 6.04 Å². The van der Waals surface area contributed by atoms with Gasteiger partial charge in [-0.2, -0.15) is 0 Å². The molecule has 1 amide bonds. The van der Waals surface area contributed by atoms with E-state index in [0.717, 1.165) is 26.2 Å². The number of carbonyl (C=O) groups is 1. The molecule has 2 rings (SSSR count). The smallest absolute Gasteiger partial charge is 0.239 e. The van der Waals surface area contributed by atoms with Crippen LogP contribution in [0.2, 0.25) is 0 Å². The van der Waals surface area contributed by atoms with E-state index in [9.17, 15) is 4.79 Å². The third kappa shape index (κ3) is 3.23. The van der Waals surface area contributed by atoms with E-state index in [1.54, 1.807) is 0 Å². The lowest BCUT2D eigenvalue weighted by Gasteiger charge is -2.38. The fourth-order valence-corrected chi connectivity index (χ4v) is 3.05. The van der Waals surface area contributed by atoms with Crippen molar-refractivity contribution >= 4 is 5.91 Å². The van der Waals surface area contributed by atoms with E-state index in [2.05, 4.69) is 29.1 Å². The molecule has 0 aliphatic carbocycles. The Labute approximate surface area is 111 Å². The van der Waals surface area contributed by atoms with Crippen molar-refractivity contribution in [3.8, 4) is 0 Å². The van der Waals surface area contributed by atoms with Crippen LogP contribution in [0.4, 0.5) is 0 Å². The lowest BCUT2D eigenvalue weighted by molar-refractivity contribution is -0.137. The van der Waals surface area contributed by atoms with E-state index in [-0.39, 0.29) is 6.04 Å². The monoisotopic (exact) mass is 253 g/mol. The van der Waals surface area contributed by atoms with E-state index in [0.29, 0.717) is 11.9 Å². The second-order valence-electron chi connectivity index (χ2n) is 5.73. The average molecular weight is 253 g/mol. The maximum atomic E-state index is 12.4. The fourth-order valence-electron chi connectivity index (χ4n) is 3.05. The summed E-state index contributed by atoms with van der Waals surface area (Å²) < 4.78 is 0. The van der Waals surface area contributed by atoms with Crippen LogP contribution in [-0.4, -0.2) is 61.0 Å². The first kappa shape index (κ1) is 13.8. The summed E-state index contributed by atoms with van der Waals surface area (Å²) in [6.45, 7) is 6.12. The number of piperidine rings is 2. The zero-order valence-electron chi connectivity index (χ0n) is 11.8. The van der Waals surface area contributed by atoms with Crippen LogP contribution in [-0.2, 0) is 4.79 Å². The molecular formula is C14H27N3O. The summed E-state index contributed by atoms with van der Waals surface area (Å²) in [6, 6.07) is 0.537. The van der Waals surface area contributed by atoms with Crippen LogP contribution in [0.5, 0.6) is 0 Å². The van der Waals surface area contributed by atoms with Gasteiger partial charge in [0.25, 0.3) is 0 Å². The Balaban J connectivity index is 1.87. The summed E-state index contributed by atoms with van der Waals surface area (Å²) in [6.07, 6.45) is 6.06. The molecule has 2 atom stereocenters. The Morgan fingerprint density at radius 2 is 2.00 bits per heavy atom. The first-order chi connectivity index (χ1) is 8.70.